The number of hydrogen-bond donors (Lipinski definition) is 0. The first-order chi connectivity index (χ1) is 7.74. The maximum atomic E-state index is 11.5. The Hall–Kier alpha value is -1.16. The van der Waals surface area contributed by atoms with Crippen molar-refractivity contribution >= 4 is 17.9 Å². The predicted octanol–water partition coefficient (Wildman–Crippen LogP) is 2.62. The zero-order chi connectivity index (χ0) is 11.8. The third kappa shape index (κ3) is 4.57. The van der Waals surface area contributed by atoms with Gasteiger partial charge in [-0.3, -0.25) is 0 Å². The number of rotatable bonds is 5. The van der Waals surface area contributed by atoms with Crippen molar-refractivity contribution in [1.29, 1.82) is 0 Å². The second-order valence-electron chi connectivity index (χ2n) is 3.45. The molecule has 0 saturated carbocycles. The number of benzene rings is 1. The van der Waals surface area contributed by atoms with Crippen LogP contribution in [0.3, 0.4) is 0 Å². The fraction of sp³-hybridized carbons (Fsp3) is 0.417. The van der Waals surface area contributed by atoms with Gasteiger partial charge in [-0.25, -0.2) is 4.79 Å². The van der Waals surface area contributed by atoms with E-state index in [1.165, 1.54) is 0 Å². The third-order valence-corrected chi connectivity index (χ3v) is 2.74. The van der Waals surface area contributed by atoms with Crippen LogP contribution in [-0.4, -0.2) is 36.6 Å². The molecule has 0 saturated heterocycles. The van der Waals surface area contributed by atoms with Crippen LogP contribution in [0.15, 0.2) is 30.3 Å². The molecule has 0 N–H and O–H groups in total. The Morgan fingerprint density at radius 2 is 2.06 bits per heavy atom. The molecule has 1 amide bonds. The van der Waals surface area contributed by atoms with Gasteiger partial charge in [0.25, 0.3) is 0 Å². The SMILES string of the molecule is CSCCN(C)C(=O)OCc1ccccc1. The maximum absolute atomic E-state index is 11.5. The van der Waals surface area contributed by atoms with Crippen molar-refractivity contribution in [3.63, 3.8) is 0 Å². The van der Waals surface area contributed by atoms with Gasteiger partial charge in [0.2, 0.25) is 0 Å². The summed E-state index contributed by atoms with van der Waals surface area (Å²) in [6.07, 6.45) is 1.75. The Kier molecular flexibility index (Phi) is 5.78. The molecule has 16 heavy (non-hydrogen) atoms. The van der Waals surface area contributed by atoms with Crippen LogP contribution in [0.25, 0.3) is 0 Å². The van der Waals surface area contributed by atoms with E-state index in [0.717, 1.165) is 17.9 Å². The maximum Gasteiger partial charge on any atom is 0.409 e. The van der Waals surface area contributed by atoms with E-state index < -0.39 is 0 Å². The summed E-state index contributed by atoms with van der Waals surface area (Å²) in [6, 6.07) is 9.68. The minimum absolute atomic E-state index is 0.266. The zero-order valence-electron chi connectivity index (χ0n) is 9.68. The zero-order valence-corrected chi connectivity index (χ0v) is 10.5. The summed E-state index contributed by atoms with van der Waals surface area (Å²) in [5, 5.41) is 0. The van der Waals surface area contributed by atoms with Crippen LogP contribution in [0, 0.1) is 0 Å². The smallest absolute Gasteiger partial charge is 0.409 e. The molecule has 0 aromatic heterocycles. The van der Waals surface area contributed by atoms with Crippen LogP contribution in [0.5, 0.6) is 0 Å². The molecule has 0 bridgehead atoms. The van der Waals surface area contributed by atoms with Crippen molar-refractivity contribution in [1.82, 2.24) is 4.90 Å². The largest absolute Gasteiger partial charge is 0.445 e. The van der Waals surface area contributed by atoms with E-state index in [4.69, 9.17) is 4.74 Å². The summed E-state index contributed by atoms with van der Waals surface area (Å²) in [7, 11) is 1.75. The number of hydrogen-bond acceptors (Lipinski definition) is 3. The van der Waals surface area contributed by atoms with Gasteiger partial charge in [-0.15, -0.1) is 0 Å². The lowest BCUT2D eigenvalue weighted by Crippen LogP contribution is -2.29. The third-order valence-electron chi connectivity index (χ3n) is 2.15. The van der Waals surface area contributed by atoms with Crippen molar-refractivity contribution in [2.75, 3.05) is 25.6 Å². The topological polar surface area (TPSA) is 29.5 Å². The molecule has 0 atom stereocenters. The fourth-order valence-electron chi connectivity index (χ4n) is 1.15. The number of carbonyl (C=O) groups is 1. The Balaban J connectivity index is 2.29. The molecule has 0 aliphatic rings. The quantitative estimate of drug-likeness (QED) is 0.791. The minimum Gasteiger partial charge on any atom is -0.445 e. The molecule has 0 unspecified atom stereocenters. The normalized spacial score (nSPS) is 9.88. The Bertz CT molecular complexity index is 316. The average Bonchev–Trinajstić information content (AvgIpc) is 2.34. The van der Waals surface area contributed by atoms with Crippen molar-refractivity contribution < 1.29 is 9.53 Å². The van der Waals surface area contributed by atoms with Crippen LogP contribution < -0.4 is 0 Å². The first-order valence-corrected chi connectivity index (χ1v) is 6.54. The number of carbonyl (C=O) groups excluding carboxylic acids is 1. The summed E-state index contributed by atoms with van der Waals surface area (Å²) in [5.41, 5.74) is 1.01. The minimum atomic E-state index is -0.266. The van der Waals surface area contributed by atoms with Gasteiger partial charge < -0.3 is 9.64 Å². The fourth-order valence-corrected chi connectivity index (χ4v) is 1.61. The van der Waals surface area contributed by atoms with Gasteiger partial charge >= 0.3 is 6.09 Å². The van der Waals surface area contributed by atoms with E-state index in [1.807, 2.05) is 36.6 Å². The van der Waals surface area contributed by atoms with Gasteiger partial charge in [-0.1, -0.05) is 30.3 Å². The van der Waals surface area contributed by atoms with Crippen molar-refractivity contribution in [3.8, 4) is 0 Å². The molecule has 0 aliphatic heterocycles. The summed E-state index contributed by atoms with van der Waals surface area (Å²) in [4.78, 5) is 13.1. The van der Waals surface area contributed by atoms with Crippen LogP contribution in [0.1, 0.15) is 5.56 Å². The molecule has 0 fully saturated rings. The van der Waals surface area contributed by atoms with Gasteiger partial charge in [-0.2, -0.15) is 11.8 Å². The lowest BCUT2D eigenvalue weighted by atomic mass is 10.2. The molecule has 4 heteroatoms. The monoisotopic (exact) mass is 239 g/mol. The van der Waals surface area contributed by atoms with Crippen molar-refractivity contribution in [3.05, 3.63) is 35.9 Å². The molecular formula is C12H17NO2S. The van der Waals surface area contributed by atoms with Gasteiger partial charge in [-0.05, 0) is 11.8 Å². The standard InChI is InChI=1S/C12H17NO2S/c1-13(8-9-16-2)12(14)15-10-11-6-4-3-5-7-11/h3-7H,8-10H2,1-2H3. The molecule has 0 spiro atoms. The molecule has 0 radical (unpaired) electrons. The molecule has 1 rings (SSSR count). The Morgan fingerprint density at radius 3 is 2.69 bits per heavy atom. The van der Waals surface area contributed by atoms with Gasteiger partial charge in [0.15, 0.2) is 0 Å². The average molecular weight is 239 g/mol. The molecular weight excluding hydrogens is 222 g/mol. The highest BCUT2D eigenvalue weighted by atomic mass is 32.2. The predicted molar refractivity (Wildman–Crippen MR) is 67.6 cm³/mol. The molecule has 88 valence electrons. The second kappa shape index (κ2) is 7.17. The van der Waals surface area contributed by atoms with Crippen molar-refractivity contribution in [2.24, 2.45) is 0 Å². The number of nitrogens with zero attached hydrogens (tertiary/aromatic N) is 1. The highest BCUT2D eigenvalue weighted by Crippen LogP contribution is 2.03. The van der Waals surface area contributed by atoms with E-state index in [2.05, 4.69) is 0 Å². The van der Waals surface area contributed by atoms with Gasteiger partial charge in [0, 0.05) is 19.3 Å². The number of thioether (sulfide) groups is 1. The van der Waals surface area contributed by atoms with E-state index in [-0.39, 0.29) is 6.09 Å². The first-order valence-electron chi connectivity index (χ1n) is 5.15. The Morgan fingerprint density at radius 1 is 1.38 bits per heavy atom. The van der Waals surface area contributed by atoms with Crippen LogP contribution in [-0.2, 0) is 11.3 Å². The molecule has 1 aromatic rings. The summed E-state index contributed by atoms with van der Waals surface area (Å²) < 4.78 is 5.16. The first kappa shape index (κ1) is 12.9. The van der Waals surface area contributed by atoms with Crippen molar-refractivity contribution in [2.45, 2.75) is 6.61 Å². The summed E-state index contributed by atoms with van der Waals surface area (Å²) in [5.74, 6) is 0.928. The molecule has 0 aliphatic carbocycles. The lowest BCUT2D eigenvalue weighted by molar-refractivity contribution is 0.107. The summed E-state index contributed by atoms with van der Waals surface area (Å²) >= 11 is 1.71. The Labute approximate surface area is 101 Å². The second-order valence-corrected chi connectivity index (χ2v) is 4.44. The van der Waals surface area contributed by atoms with E-state index >= 15 is 0 Å². The molecule has 1 aromatic carbocycles. The van der Waals surface area contributed by atoms with Gasteiger partial charge in [0.05, 0.1) is 0 Å². The summed E-state index contributed by atoms with van der Waals surface area (Å²) in [6.45, 7) is 1.05. The number of amides is 1. The van der Waals surface area contributed by atoms with Gasteiger partial charge in [0.1, 0.15) is 6.61 Å². The molecule has 3 nitrogen and oxygen atoms in total. The number of ether oxygens (including phenoxy) is 1. The van der Waals surface area contributed by atoms with Crippen LogP contribution >= 0.6 is 11.8 Å². The highest BCUT2D eigenvalue weighted by molar-refractivity contribution is 7.98. The molecule has 0 heterocycles. The van der Waals surface area contributed by atoms with Crippen LogP contribution in [0.4, 0.5) is 4.79 Å². The van der Waals surface area contributed by atoms with E-state index in [9.17, 15) is 4.79 Å². The van der Waals surface area contributed by atoms with Crippen LogP contribution in [0.2, 0.25) is 0 Å². The van der Waals surface area contributed by atoms with E-state index in [1.54, 1.807) is 23.7 Å². The lowest BCUT2D eigenvalue weighted by Gasteiger charge is -2.16. The highest BCUT2D eigenvalue weighted by Gasteiger charge is 2.08. The van der Waals surface area contributed by atoms with E-state index in [0.29, 0.717) is 6.61 Å².